The Kier molecular flexibility index (Phi) is 5.84. The Morgan fingerprint density at radius 2 is 1.77 bits per heavy atom. The molecule has 0 aliphatic rings. The van der Waals surface area contributed by atoms with Crippen LogP contribution in [0.1, 0.15) is 0 Å². The number of aromatic nitrogens is 1. The van der Waals surface area contributed by atoms with Gasteiger partial charge in [-0.3, -0.25) is 4.98 Å². The Balaban J connectivity index is 2.44. The molecule has 0 fully saturated rings. The first-order valence-electron chi connectivity index (χ1n) is 6.92. The SMILES string of the molecule is COCCN(CCOC)S(=O)(=O)c1cccc2cnccc12. The molecule has 0 radical (unpaired) electrons. The van der Waals surface area contributed by atoms with Gasteiger partial charge < -0.3 is 9.47 Å². The van der Waals surface area contributed by atoms with Crippen LogP contribution >= 0.6 is 0 Å². The van der Waals surface area contributed by atoms with Gasteiger partial charge in [0.1, 0.15) is 0 Å². The Hall–Kier alpha value is -1.54. The molecule has 0 bridgehead atoms. The highest BCUT2D eigenvalue weighted by Gasteiger charge is 2.25. The van der Waals surface area contributed by atoms with Gasteiger partial charge in [-0.1, -0.05) is 12.1 Å². The second-order valence-electron chi connectivity index (χ2n) is 4.74. The smallest absolute Gasteiger partial charge is 0.243 e. The first kappa shape index (κ1) is 16.8. The topological polar surface area (TPSA) is 68.7 Å². The van der Waals surface area contributed by atoms with Gasteiger partial charge >= 0.3 is 0 Å². The van der Waals surface area contributed by atoms with Crippen molar-refractivity contribution in [3.63, 3.8) is 0 Å². The van der Waals surface area contributed by atoms with E-state index >= 15 is 0 Å². The molecule has 6 nitrogen and oxygen atoms in total. The predicted octanol–water partition coefficient (Wildman–Crippen LogP) is 1.52. The van der Waals surface area contributed by atoms with Gasteiger partial charge in [0.05, 0.1) is 18.1 Å². The van der Waals surface area contributed by atoms with Gasteiger partial charge in [0.25, 0.3) is 0 Å². The summed E-state index contributed by atoms with van der Waals surface area (Å²) < 4.78 is 37.3. The number of sulfonamides is 1. The summed E-state index contributed by atoms with van der Waals surface area (Å²) in [6.45, 7) is 1.22. The van der Waals surface area contributed by atoms with Gasteiger partial charge in [-0.05, 0) is 12.1 Å². The van der Waals surface area contributed by atoms with Crippen LogP contribution in [0, 0.1) is 0 Å². The molecule has 1 aromatic carbocycles. The molecule has 0 spiro atoms. The Labute approximate surface area is 130 Å². The third-order valence-electron chi connectivity index (χ3n) is 3.35. The number of nitrogens with zero attached hydrogens (tertiary/aromatic N) is 2. The monoisotopic (exact) mass is 324 g/mol. The lowest BCUT2D eigenvalue weighted by Gasteiger charge is -2.22. The number of hydrogen-bond acceptors (Lipinski definition) is 5. The molecule has 1 heterocycles. The molecular formula is C15H20N2O4S. The third-order valence-corrected chi connectivity index (χ3v) is 5.30. The zero-order valence-electron chi connectivity index (χ0n) is 12.7. The van der Waals surface area contributed by atoms with E-state index in [9.17, 15) is 8.42 Å². The third kappa shape index (κ3) is 3.61. The normalized spacial score (nSPS) is 12.1. The molecule has 7 heteroatoms. The second kappa shape index (κ2) is 7.64. The van der Waals surface area contributed by atoms with E-state index in [1.54, 1.807) is 44.8 Å². The van der Waals surface area contributed by atoms with Gasteiger partial charge in [0.2, 0.25) is 10.0 Å². The maximum Gasteiger partial charge on any atom is 0.243 e. The maximum absolute atomic E-state index is 13.0. The van der Waals surface area contributed by atoms with Crippen molar-refractivity contribution < 1.29 is 17.9 Å². The van der Waals surface area contributed by atoms with Crippen molar-refractivity contribution in [2.45, 2.75) is 4.90 Å². The lowest BCUT2D eigenvalue weighted by molar-refractivity contribution is 0.150. The second-order valence-corrected chi connectivity index (χ2v) is 6.65. The molecule has 0 N–H and O–H groups in total. The Morgan fingerprint density at radius 1 is 1.09 bits per heavy atom. The fourth-order valence-corrected chi connectivity index (χ4v) is 3.82. The van der Waals surface area contributed by atoms with E-state index in [0.29, 0.717) is 18.6 Å². The van der Waals surface area contributed by atoms with Crippen LogP contribution in [0.3, 0.4) is 0 Å². The number of rotatable bonds is 8. The van der Waals surface area contributed by atoms with Crippen LogP contribution in [0.25, 0.3) is 10.8 Å². The molecule has 2 rings (SSSR count). The van der Waals surface area contributed by atoms with Crippen LogP contribution in [0.5, 0.6) is 0 Å². The number of benzene rings is 1. The molecular weight excluding hydrogens is 304 g/mol. The fraction of sp³-hybridized carbons (Fsp3) is 0.400. The molecule has 0 saturated heterocycles. The van der Waals surface area contributed by atoms with Crippen molar-refractivity contribution in [2.75, 3.05) is 40.5 Å². The molecule has 0 aliphatic carbocycles. The van der Waals surface area contributed by atoms with Gasteiger partial charge in [-0.25, -0.2) is 8.42 Å². The van der Waals surface area contributed by atoms with Crippen LogP contribution in [0.4, 0.5) is 0 Å². The van der Waals surface area contributed by atoms with Crippen LogP contribution in [-0.2, 0) is 19.5 Å². The summed E-state index contributed by atoms with van der Waals surface area (Å²) in [5, 5.41) is 1.46. The van der Waals surface area contributed by atoms with Crippen LogP contribution in [0.15, 0.2) is 41.6 Å². The zero-order valence-corrected chi connectivity index (χ0v) is 13.5. The Bertz CT molecular complexity index is 705. The van der Waals surface area contributed by atoms with E-state index < -0.39 is 10.0 Å². The van der Waals surface area contributed by atoms with Crippen LogP contribution in [-0.4, -0.2) is 58.2 Å². The molecule has 2 aromatic rings. The lowest BCUT2D eigenvalue weighted by Crippen LogP contribution is -2.36. The first-order valence-corrected chi connectivity index (χ1v) is 8.36. The maximum atomic E-state index is 13.0. The summed E-state index contributed by atoms with van der Waals surface area (Å²) in [6.07, 6.45) is 3.25. The first-order chi connectivity index (χ1) is 10.6. The molecule has 1 aromatic heterocycles. The average molecular weight is 324 g/mol. The number of ether oxygens (including phenoxy) is 2. The highest BCUT2D eigenvalue weighted by molar-refractivity contribution is 7.89. The number of methoxy groups -OCH3 is 2. The summed E-state index contributed by atoms with van der Waals surface area (Å²) in [4.78, 5) is 4.31. The van der Waals surface area contributed by atoms with E-state index in [1.165, 1.54) is 4.31 Å². The molecule has 0 amide bonds. The van der Waals surface area contributed by atoms with E-state index in [1.807, 2.05) is 6.07 Å². The minimum absolute atomic E-state index is 0.277. The Morgan fingerprint density at radius 3 is 2.41 bits per heavy atom. The molecule has 0 atom stereocenters. The van der Waals surface area contributed by atoms with E-state index in [4.69, 9.17) is 9.47 Å². The van der Waals surface area contributed by atoms with Crippen molar-refractivity contribution in [3.05, 3.63) is 36.7 Å². The number of hydrogen-bond donors (Lipinski definition) is 0. The minimum atomic E-state index is -3.63. The lowest BCUT2D eigenvalue weighted by atomic mass is 10.2. The number of fused-ring (bicyclic) bond motifs is 1. The van der Waals surface area contributed by atoms with Gasteiger partial charge in [-0.15, -0.1) is 0 Å². The van der Waals surface area contributed by atoms with Crippen LogP contribution in [0.2, 0.25) is 0 Å². The van der Waals surface area contributed by atoms with Gasteiger partial charge in [0.15, 0.2) is 0 Å². The van der Waals surface area contributed by atoms with Gasteiger partial charge in [0, 0.05) is 50.5 Å². The average Bonchev–Trinajstić information content (AvgIpc) is 2.54. The van der Waals surface area contributed by atoms with E-state index in [0.717, 1.165) is 5.39 Å². The zero-order chi connectivity index (χ0) is 16.0. The van der Waals surface area contributed by atoms with Crippen molar-refractivity contribution >= 4 is 20.8 Å². The van der Waals surface area contributed by atoms with Crippen molar-refractivity contribution in [1.29, 1.82) is 0 Å². The molecule has 0 saturated carbocycles. The van der Waals surface area contributed by atoms with E-state index in [-0.39, 0.29) is 18.0 Å². The summed E-state index contributed by atoms with van der Waals surface area (Å²) in [7, 11) is -0.534. The summed E-state index contributed by atoms with van der Waals surface area (Å²) in [5.74, 6) is 0. The van der Waals surface area contributed by atoms with Crippen molar-refractivity contribution in [1.82, 2.24) is 9.29 Å². The minimum Gasteiger partial charge on any atom is -0.383 e. The quantitative estimate of drug-likeness (QED) is 0.736. The summed E-state index contributed by atoms with van der Waals surface area (Å²) >= 11 is 0. The van der Waals surface area contributed by atoms with E-state index in [2.05, 4.69) is 4.98 Å². The van der Waals surface area contributed by atoms with Crippen molar-refractivity contribution in [3.8, 4) is 0 Å². The molecule has 0 aliphatic heterocycles. The highest BCUT2D eigenvalue weighted by atomic mass is 32.2. The highest BCUT2D eigenvalue weighted by Crippen LogP contribution is 2.24. The van der Waals surface area contributed by atoms with Gasteiger partial charge in [-0.2, -0.15) is 4.31 Å². The number of pyridine rings is 1. The molecule has 0 unspecified atom stereocenters. The molecule has 120 valence electrons. The predicted molar refractivity (Wildman–Crippen MR) is 84.3 cm³/mol. The van der Waals surface area contributed by atoms with Crippen molar-refractivity contribution in [2.24, 2.45) is 0 Å². The van der Waals surface area contributed by atoms with Crippen LogP contribution < -0.4 is 0 Å². The largest absolute Gasteiger partial charge is 0.383 e. The summed E-state index contributed by atoms with van der Waals surface area (Å²) in [6, 6.07) is 6.90. The summed E-state index contributed by atoms with van der Waals surface area (Å²) in [5.41, 5.74) is 0. The standard InChI is InChI=1S/C15H20N2O4S/c1-20-10-8-17(9-11-21-2)22(18,19)15-5-3-4-13-12-16-7-6-14(13)15/h3-7,12H,8-11H2,1-2H3. The fourth-order valence-electron chi connectivity index (χ4n) is 2.20. The molecule has 22 heavy (non-hydrogen) atoms.